The maximum Gasteiger partial charge on any atom is 0.255 e. The molecule has 1 amide bonds. The molecular weight excluding hydrogens is 537 g/mol. The van der Waals surface area contributed by atoms with E-state index < -0.39 is 69.6 Å². The number of Topliss-reactive ketones (excluding diaryl/α,β-unsaturated/α-hetero) is 2. The van der Waals surface area contributed by atoms with Crippen molar-refractivity contribution in [3.05, 3.63) is 57.6 Å². The summed E-state index contributed by atoms with van der Waals surface area (Å²) in [5.41, 5.74) is 1.80. The van der Waals surface area contributed by atoms with Crippen LogP contribution in [0.4, 0.5) is 4.39 Å². The lowest BCUT2D eigenvalue weighted by Gasteiger charge is -2.50. The van der Waals surface area contributed by atoms with E-state index >= 15 is 4.39 Å². The van der Waals surface area contributed by atoms with Gasteiger partial charge in [-0.2, -0.15) is 0 Å². The van der Waals surface area contributed by atoms with Gasteiger partial charge in [-0.1, -0.05) is 12.1 Å². The molecule has 0 aromatic heterocycles. The van der Waals surface area contributed by atoms with Crippen molar-refractivity contribution in [2.45, 2.75) is 31.0 Å². The Kier molecular flexibility index (Phi) is 7.14. The minimum Gasteiger partial charge on any atom is -0.508 e. The first-order chi connectivity index (χ1) is 19.4. The van der Waals surface area contributed by atoms with Crippen molar-refractivity contribution in [3.63, 3.8) is 0 Å². The second-order valence-electron chi connectivity index (χ2n) is 11.0. The van der Waals surface area contributed by atoms with Gasteiger partial charge in [0.05, 0.1) is 18.2 Å². The summed E-state index contributed by atoms with van der Waals surface area (Å²) in [5.74, 6) is -8.41. The number of ketones is 2. The number of phenols is 1. The number of halogens is 1. The summed E-state index contributed by atoms with van der Waals surface area (Å²) in [7, 11) is 4.60. The Morgan fingerprint density at radius 2 is 1.93 bits per heavy atom. The van der Waals surface area contributed by atoms with E-state index in [9.17, 15) is 34.8 Å². The van der Waals surface area contributed by atoms with Gasteiger partial charge in [-0.3, -0.25) is 19.3 Å². The third kappa shape index (κ3) is 4.12. The Bertz CT molecular complexity index is 1570. The highest BCUT2D eigenvalue weighted by Gasteiger charge is 2.64. The molecule has 3 aliphatic carbocycles. The Hall–Kier alpha value is -3.84. The largest absolute Gasteiger partial charge is 0.508 e. The van der Waals surface area contributed by atoms with Crippen molar-refractivity contribution in [1.29, 1.82) is 0 Å². The molecule has 5 rings (SSSR count). The van der Waals surface area contributed by atoms with Gasteiger partial charge in [0, 0.05) is 48.0 Å². The number of nitrogens with zero attached hydrogens (tertiary/aromatic N) is 1. The monoisotopic (exact) mass is 569 g/mol. The van der Waals surface area contributed by atoms with Gasteiger partial charge < -0.3 is 36.2 Å². The first-order valence-electron chi connectivity index (χ1n) is 13.2. The number of hydrogen-bond acceptors (Lipinski definition) is 10. The third-order valence-corrected chi connectivity index (χ3v) is 8.50. The number of aliphatic hydroxyl groups excluding tert-OH is 2. The molecule has 1 fully saturated rings. The molecular formula is C29H32FN3O8. The van der Waals surface area contributed by atoms with Crippen molar-refractivity contribution in [3.8, 4) is 5.75 Å². The quantitative estimate of drug-likeness (QED) is 0.208. The average molecular weight is 570 g/mol. The number of ether oxygens (including phenoxy) is 1. The van der Waals surface area contributed by atoms with E-state index in [1.54, 1.807) is 19.2 Å². The highest BCUT2D eigenvalue weighted by molar-refractivity contribution is 6.24. The molecule has 7 N–H and O–H groups in total. The zero-order chi connectivity index (χ0) is 30.0. The van der Waals surface area contributed by atoms with Gasteiger partial charge >= 0.3 is 0 Å². The first kappa shape index (κ1) is 28.7. The predicted molar refractivity (Wildman–Crippen MR) is 145 cm³/mol. The van der Waals surface area contributed by atoms with Crippen molar-refractivity contribution < 1.29 is 43.9 Å². The van der Waals surface area contributed by atoms with Crippen LogP contribution in [0.15, 0.2) is 35.1 Å². The predicted octanol–water partition coefficient (Wildman–Crippen LogP) is 0.992. The summed E-state index contributed by atoms with van der Waals surface area (Å²) in [4.78, 5) is 40.6. The second kappa shape index (κ2) is 10.2. The van der Waals surface area contributed by atoms with Crippen LogP contribution in [-0.2, 0) is 32.1 Å². The first-order valence-corrected chi connectivity index (χ1v) is 13.2. The van der Waals surface area contributed by atoms with Crippen LogP contribution in [0.1, 0.15) is 23.1 Å². The number of nitrogens with one attached hydrogen (secondary N) is 1. The molecule has 12 heteroatoms. The van der Waals surface area contributed by atoms with Crippen molar-refractivity contribution in [1.82, 2.24) is 10.2 Å². The van der Waals surface area contributed by atoms with E-state index in [2.05, 4.69) is 5.32 Å². The van der Waals surface area contributed by atoms with Gasteiger partial charge in [0.1, 0.15) is 28.7 Å². The number of fused-ring (bicyclic) bond motifs is 4. The van der Waals surface area contributed by atoms with Gasteiger partial charge in [0.25, 0.3) is 5.91 Å². The molecule has 218 valence electrons. The number of benzene rings is 2. The number of methoxy groups -OCH3 is 1. The van der Waals surface area contributed by atoms with E-state index in [0.717, 1.165) is 5.56 Å². The topological polar surface area (TPSA) is 183 Å². The summed E-state index contributed by atoms with van der Waals surface area (Å²) in [5, 5.41) is 48.7. The lowest BCUT2D eigenvalue weighted by atomic mass is 9.57. The van der Waals surface area contributed by atoms with Gasteiger partial charge in [-0.25, -0.2) is 4.39 Å². The van der Waals surface area contributed by atoms with Gasteiger partial charge in [0.15, 0.2) is 11.4 Å². The number of aromatic hydroxyl groups is 1. The minimum atomic E-state index is -2.75. The summed E-state index contributed by atoms with van der Waals surface area (Å²) in [6, 6.07) is 3.62. The molecule has 11 nitrogen and oxygen atoms in total. The van der Waals surface area contributed by atoms with Gasteiger partial charge in [0.2, 0.25) is 5.78 Å². The molecule has 0 bridgehead atoms. The number of nitrogens with two attached hydrogens (primary N) is 1. The maximum atomic E-state index is 15.9. The average Bonchev–Trinajstić information content (AvgIpc) is 2.91. The fraction of sp³-hybridized carbons (Fsp3) is 0.414. The Labute approximate surface area is 234 Å². The Balaban J connectivity index is 1.67. The van der Waals surface area contributed by atoms with Gasteiger partial charge in [-0.05, 0) is 44.5 Å². The number of aliphatic hydroxyl groups is 3. The number of phenolic OH excluding ortho intramolecular Hbond substituents is 1. The molecule has 0 heterocycles. The van der Waals surface area contributed by atoms with Crippen molar-refractivity contribution in [2.24, 2.45) is 17.6 Å². The molecule has 2 aromatic rings. The number of carbonyl (C=O) groups excluding carboxylic acids is 3. The molecule has 3 aliphatic rings. The van der Waals surface area contributed by atoms with E-state index in [1.807, 2.05) is 0 Å². The van der Waals surface area contributed by atoms with Crippen LogP contribution in [0.3, 0.4) is 0 Å². The fourth-order valence-corrected chi connectivity index (χ4v) is 6.62. The normalized spacial score (nSPS) is 26.0. The summed E-state index contributed by atoms with van der Waals surface area (Å²) in [6.07, 6.45) is -0.236. The van der Waals surface area contributed by atoms with Gasteiger partial charge in [-0.15, -0.1) is 0 Å². The van der Waals surface area contributed by atoms with Crippen LogP contribution < -0.4 is 11.1 Å². The standard InChI is InChI=1S/C29H32FN3O8/c1-33(2)22-17-10-13-9-16-19(23(34)15-8-12(11-32-6-7-41-3)4-5-14(15)21(16)30)24(35)18(13)26(37)29(17,40)27(38)20(25(22)36)28(31)39/h4-5,8,13,17,22,32,34-35,38,40H,6-7,9-11H2,1-3H3,(H2,31,39)/t13-,17-,22-,29-/m0/s1. The molecule has 2 aromatic carbocycles. The third-order valence-electron chi connectivity index (χ3n) is 8.50. The van der Waals surface area contributed by atoms with Crippen LogP contribution in [-0.4, -0.2) is 88.8 Å². The number of carbonyl (C=O) groups is 3. The smallest absolute Gasteiger partial charge is 0.255 e. The molecule has 0 radical (unpaired) electrons. The molecule has 4 atom stereocenters. The highest BCUT2D eigenvalue weighted by Crippen LogP contribution is 2.53. The second-order valence-corrected chi connectivity index (χ2v) is 11.0. The molecule has 0 aliphatic heterocycles. The molecule has 41 heavy (non-hydrogen) atoms. The zero-order valence-corrected chi connectivity index (χ0v) is 22.8. The summed E-state index contributed by atoms with van der Waals surface area (Å²) >= 11 is 0. The van der Waals surface area contributed by atoms with Crippen LogP contribution >= 0.6 is 0 Å². The molecule has 1 saturated carbocycles. The summed E-state index contributed by atoms with van der Waals surface area (Å²) < 4.78 is 21.0. The number of primary amides is 1. The molecule has 0 saturated heterocycles. The van der Waals surface area contributed by atoms with E-state index in [1.165, 1.54) is 25.1 Å². The number of rotatable bonds is 7. The van der Waals surface area contributed by atoms with Crippen molar-refractivity contribution >= 4 is 34.0 Å². The summed E-state index contributed by atoms with van der Waals surface area (Å²) in [6.45, 7) is 1.46. The van der Waals surface area contributed by atoms with E-state index in [0.29, 0.717) is 19.7 Å². The maximum absolute atomic E-state index is 15.9. The highest BCUT2D eigenvalue weighted by atomic mass is 19.1. The van der Waals surface area contributed by atoms with Crippen LogP contribution in [0.2, 0.25) is 0 Å². The number of amides is 1. The Morgan fingerprint density at radius 3 is 2.56 bits per heavy atom. The lowest BCUT2D eigenvalue weighted by Crippen LogP contribution is -2.65. The molecule has 0 spiro atoms. The zero-order valence-electron chi connectivity index (χ0n) is 22.8. The fourth-order valence-electron chi connectivity index (χ4n) is 6.62. The number of hydrogen-bond donors (Lipinski definition) is 6. The Morgan fingerprint density at radius 1 is 1.22 bits per heavy atom. The lowest BCUT2D eigenvalue weighted by molar-refractivity contribution is -0.153. The SMILES string of the molecule is COCCNCc1ccc2c(F)c3c(c(O)c2c1)C(O)=C1C(=O)[C@]2(O)C(O)=C(C(N)=O)C(=O)[C@@H](N(C)C)[C@@H]2C[C@@H]1C3. The van der Waals surface area contributed by atoms with E-state index in [4.69, 9.17) is 10.5 Å². The van der Waals surface area contributed by atoms with Crippen LogP contribution in [0.5, 0.6) is 5.75 Å². The van der Waals surface area contributed by atoms with E-state index in [-0.39, 0.29) is 40.3 Å². The van der Waals surface area contributed by atoms with Crippen LogP contribution in [0.25, 0.3) is 16.5 Å². The number of likely N-dealkylation sites (N-methyl/N-ethyl adjacent to an activating group) is 1. The molecule has 0 unspecified atom stereocenters. The van der Waals surface area contributed by atoms with Crippen LogP contribution in [0, 0.1) is 17.7 Å². The minimum absolute atomic E-state index is 0.00779. The van der Waals surface area contributed by atoms with Crippen molar-refractivity contribution in [2.75, 3.05) is 34.4 Å².